The number of aromatic amines is 1. The molecule has 1 N–H and O–H groups in total. The van der Waals surface area contributed by atoms with Gasteiger partial charge in [-0.2, -0.15) is 14.7 Å². The normalized spacial score (nSPS) is 11.0. The minimum atomic E-state index is 0.474. The van der Waals surface area contributed by atoms with E-state index in [1.807, 2.05) is 54.6 Å². The van der Waals surface area contributed by atoms with Gasteiger partial charge in [-0.05, 0) is 54.6 Å². The third kappa shape index (κ3) is 3.66. The lowest BCUT2D eigenvalue weighted by Gasteiger charge is -2.03. The summed E-state index contributed by atoms with van der Waals surface area (Å²) in [6.45, 7) is 4.13. The van der Waals surface area contributed by atoms with E-state index in [9.17, 15) is 0 Å². The molecule has 0 saturated heterocycles. The van der Waals surface area contributed by atoms with Gasteiger partial charge in [0.25, 0.3) is 0 Å². The number of aromatic nitrogens is 6. The standard InChI is InChI=1S/C22H18N6O2S/c1-3-12-30-17-10-6-15(7-11-17)21-27-28-20(25-26-22(28)31-21)19-13-18(23-24-19)14-4-8-16(29-2)9-5-14/h3-11,13H,1,12H2,2H3,(H,23,24). The molecular weight excluding hydrogens is 412 g/mol. The maximum Gasteiger partial charge on any atom is 0.235 e. The van der Waals surface area contributed by atoms with Crippen LogP contribution in [0.15, 0.2) is 67.3 Å². The van der Waals surface area contributed by atoms with Gasteiger partial charge in [-0.15, -0.1) is 10.2 Å². The number of methoxy groups -OCH3 is 1. The zero-order valence-electron chi connectivity index (χ0n) is 16.6. The molecule has 31 heavy (non-hydrogen) atoms. The second-order valence-electron chi connectivity index (χ2n) is 6.64. The monoisotopic (exact) mass is 430 g/mol. The van der Waals surface area contributed by atoms with E-state index in [4.69, 9.17) is 14.6 Å². The molecule has 0 radical (unpaired) electrons. The van der Waals surface area contributed by atoms with Gasteiger partial charge in [-0.25, -0.2) is 0 Å². The van der Waals surface area contributed by atoms with Crippen molar-refractivity contribution in [3.63, 3.8) is 0 Å². The van der Waals surface area contributed by atoms with E-state index in [2.05, 4.69) is 27.0 Å². The highest BCUT2D eigenvalue weighted by molar-refractivity contribution is 7.19. The Hall–Kier alpha value is -3.98. The maximum absolute atomic E-state index is 5.54. The van der Waals surface area contributed by atoms with Crippen molar-refractivity contribution in [1.82, 2.24) is 30.0 Å². The van der Waals surface area contributed by atoms with E-state index in [-0.39, 0.29) is 0 Å². The molecule has 2 aromatic carbocycles. The van der Waals surface area contributed by atoms with Crippen LogP contribution in [-0.2, 0) is 0 Å². The fourth-order valence-corrected chi connectivity index (χ4v) is 3.94. The molecule has 0 amide bonds. The van der Waals surface area contributed by atoms with E-state index < -0.39 is 0 Å². The summed E-state index contributed by atoms with van der Waals surface area (Å²) in [5, 5.41) is 21.6. The molecule has 9 heteroatoms. The van der Waals surface area contributed by atoms with Gasteiger partial charge in [0.1, 0.15) is 28.8 Å². The minimum Gasteiger partial charge on any atom is -0.497 e. The van der Waals surface area contributed by atoms with Crippen LogP contribution in [0, 0.1) is 0 Å². The van der Waals surface area contributed by atoms with Crippen LogP contribution in [0.1, 0.15) is 0 Å². The SMILES string of the molecule is C=CCOc1ccc(-c2nn3c(-c4cc(-c5ccc(OC)cc5)n[nH]4)nnc3s2)cc1. The van der Waals surface area contributed by atoms with Crippen LogP contribution in [0.2, 0.25) is 0 Å². The van der Waals surface area contributed by atoms with Gasteiger partial charge in [0, 0.05) is 11.1 Å². The van der Waals surface area contributed by atoms with E-state index in [0.717, 1.165) is 39.0 Å². The predicted octanol–water partition coefficient (Wildman–Crippen LogP) is 4.48. The fraction of sp³-hybridized carbons (Fsp3) is 0.0909. The molecular formula is C22H18N6O2S. The van der Waals surface area contributed by atoms with E-state index >= 15 is 0 Å². The van der Waals surface area contributed by atoms with Gasteiger partial charge in [-0.3, -0.25) is 5.10 Å². The number of fused-ring (bicyclic) bond motifs is 1. The number of nitrogens with one attached hydrogen (secondary N) is 1. The first kappa shape index (κ1) is 19.0. The Morgan fingerprint density at radius 1 is 1.03 bits per heavy atom. The van der Waals surface area contributed by atoms with Gasteiger partial charge < -0.3 is 9.47 Å². The highest BCUT2D eigenvalue weighted by Gasteiger charge is 2.17. The van der Waals surface area contributed by atoms with Crippen LogP contribution < -0.4 is 9.47 Å². The largest absolute Gasteiger partial charge is 0.497 e. The van der Waals surface area contributed by atoms with E-state index in [1.165, 1.54) is 11.3 Å². The predicted molar refractivity (Wildman–Crippen MR) is 119 cm³/mol. The summed E-state index contributed by atoms with van der Waals surface area (Å²) in [5.74, 6) is 2.19. The molecule has 5 aromatic rings. The third-order valence-electron chi connectivity index (χ3n) is 4.66. The number of rotatable bonds is 7. The second-order valence-corrected chi connectivity index (χ2v) is 7.60. The number of benzene rings is 2. The maximum atomic E-state index is 5.54. The highest BCUT2D eigenvalue weighted by atomic mass is 32.1. The Morgan fingerprint density at radius 2 is 1.77 bits per heavy atom. The molecule has 0 atom stereocenters. The van der Waals surface area contributed by atoms with Crippen molar-refractivity contribution >= 4 is 16.3 Å². The third-order valence-corrected chi connectivity index (χ3v) is 5.61. The summed E-state index contributed by atoms with van der Waals surface area (Å²) in [4.78, 5) is 0.706. The molecule has 3 aromatic heterocycles. The smallest absolute Gasteiger partial charge is 0.235 e. The molecule has 3 heterocycles. The van der Waals surface area contributed by atoms with E-state index in [1.54, 1.807) is 17.7 Å². The molecule has 5 rings (SSSR count). The van der Waals surface area contributed by atoms with Gasteiger partial charge in [0.2, 0.25) is 10.8 Å². The lowest BCUT2D eigenvalue weighted by atomic mass is 10.1. The molecule has 0 fully saturated rings. The van der Waals surface area contributed by atoms with Crippen molar-refractivity contribution in [3.8, 4) is 44.8 Å². The number of hydrogen-bond donors (Lipinski definition) is 1. The quantitative estimate of drug-likeness (QED) is 0.383. The van der Waals surface area contributed by atoms with Crippen molar-refractivity contribution < 1.29 is 9.47 Å². The van der Waals surface area contributed by atoms with Crippen molar-refractivity contribution in [2.75, 3.05) is 13.7 Å². The fourth-order valence-electron chi connectivity index (χ4n) is 3.10. The molecule has 154 valence electrons. The number of ether oxygens (including phenoxy) is 2. The molecule has 0 spiro atoms. The molecule has 0 unspecified atom stereocenters. The van der Waals surface area contributed by atoms with Crippen LogP contribution in [0.5, 0.6) is 11.5 Å². The summed E-state index contributed by atoms with van der Waals surface area (Å²) >= 11 is 1.47. The average molecular weight is 430 g/mol. The van der Waals surface area contributed by atoms with Crippen molar-refractivity contribution in [1.29, 1.82) is 0 Å². The molecule has 0 aliphatic carbocycles. The first-order valence-electron chi connectivity index (χ1n) is 9.52. The Labute approximate surface area is 181 Å². The minimum absolute atomic E-state index is 0.474. The lowest BCUT2D eigenvalue weighted by Crippen LogP contribution is -1.93. The molecule has 0 aliphatic heterocycles. The summed E-state index contributed by atoms with van der Waals surface area (Å²) in [7, 11) is 1.64. The summed E-state index contributed by atoms with van der Waals surface area (Å²) in [6, 6.07) is 17.4. The first-order chi connectivity index (χ1) is 15.2. The zero-order chi connectivity index (χ0) is 21.2. The summed E-state index contributed by atoms with van der Waals surface area (Å²) in [5.41, 5.74) is 3.50. The van der Waals surface area contributed by atoms with Crippen LogP contribution in [-0.4, -0.2) is 43.7 Å². The Kier molecular flexibility index (Phi) is 4.93. The Balaban J connectivity index is 1.43. The Bertz CT molecular complexity index is 1330. The van der Waals surface area contributed by atoms with Crippen LogP contribution in [0.25, 0.3) is 38.3 Å². The summed E-state index contributed by atoms with van der Waals surface area (Å²) in [6.07, 6.45) is 1.72. The number of hydrogen-bond acceptors (Lipinski definition) is 7. The van der Waals surface area contributed by atoms with Gasteiger partial charge >= 0.3 is 0 Å². The van der Waals surface area contributed by atoms with Gasteiger partial charge in [0.05, 0.1) is 12.8 Å². The van der Waals surface area contributed by atoms with Crippen molar-refractivity contribution in [2.24, 2.45) is 0 Å². The molecule has 0 saturated carbocycles. The summed E-state index contributed by atoms with van der Waals surface area (Å²) < 4.78 is 12.5. The molecule has 0 aliphatic rings. The number of nitrogens with zero attached hydrogens (tertiary/aromatic N) is 5. The molecule has 0 bridgehead atoms. The lowest BCUT2D eigenvalue weighted by molar-refractivity contribution is 0.363. The first-order valence-corrected chi connectivity index (χ1v) is 10.3. The van der Waals surface area contributed by atoms with Crippen LogP contribution in [0.3, 0.4) is 0 Å². The highest BCUT2D eigenvalue weighted by Crippen LogP contribution is 2.30. The van der Waals surface area contributed by atoms with Crippen molar-refractivity contribution in [2.45, 2.75) is 0 Å². The van der Waals surface area contributed by atoms with Gasteiger partial charge in [0.15, 0.2) is 0 Å². The topological polar surface area (TPSA) is 90.2 Å². The molecule has 8 nitrogen and oxygen atoms in total. The van der Waals surface area contributed by atoms with Crippen LogP contribution >= 0.6 is 11.3 Å². The average Bonchev–Trinajstić information content (AvgIpc) is 3.54. The zero-order valence-corrected chi connectivity index (χ0v) is 17.5. The number of H-pyrrole nitrogens is 1. The Morgan fingerprint density at radius 3 is 2.52 bits per heavy atom. The van der Waals surface area contributed by atoms with Crippen LogP contribution in [0.4, 0.5) is 0 Å². The second kappa shape index (κ2) is 8.04. The van der Waals surface area contributed by atoms with Crippen molar-refractivity contribution in [3.05, 3.63) is 67.3 Å². The van der Waals surface area contributed by atoms with E-state index in [0.29, 0.717) is 17.4 Å². The van der Waals surface area contributed by atoms with Gasteiger partial charge in [-0.1, -0.05) is 24.0 Å².